The molecule has 1 aliphatic heterocycles. The summed E-state index contributed by atoms with van der Waals surface area (Å²) in [6, 6.07) is 5.53. The van der Waals surface area contributed by atoms with Crippen LogP contribution in [0, 0.1) is 5.92 Å². The van der Waals surface area contributed by atoms with Crippen LogP contribution in [-0.4, -0.2) is 33.2 Å². The standard InChI is InChI=1S/C17H24N4O2/c1-4-12-6-5-9-21(11-12)16(22)18-13-7-8-14-15(10-13)20(3)17(23)19(14)2/h7-8,10,12H,4-6,9,11H2,1-3H3,(H,18,22). The van der Waals surface area contributed by atoms with Gasteiger partial charge >= 0.3 is 11.7 Å². The number of amides is 2. The van der Waals surface area contributed by atoms with Crippen molar-refractivity contribution in [2.75, 3.05) is 18.4 Å². The number of nitrogens with one attached hydrogen (secondary N) is 1. The molecule has 0 aliphatic carbocycles. The van der Waals surface area contributed by atoms with E-state index in [9.17, 15) is 9.59 Å². The van der Waals surface area contributed by atoms with E-state index in [1.54, 1.807) is 23.2 Å². The molecule has 1 aromatic heterocycles. The van der Waals surface area contributed by atoms with E-state index in [-0.39, 0.29) is 11.7 Å². The zero-order valence-electron chi connectivity index (χ0n) is 14.0. The van der Waals surface area contributed by atoms with Crippen LogP contribution in [0.15, 0.2) is 23.0 Å². The third kappa shape index (κ3) is 2.85. The van der Waals surface area contributed by atoms with Crippen molar-refractivity contribution < 1.29 is 4.79 Å². The van der Waals surface area contributed by atoms with E-state index in [1.165, 1.54) is 6.42 Å². The molecule has 1 atom stereocenters. The maximum Gasteiger partial charge on any atom is 0.328 e. The first-order chi connectivity index (χ1) is 11.0. The third-order valence-electron chi connectivity index (χ3n) is 4.91. The normalized spacial score (nSPS) is 18.4. The second-order valence-electron chi connectivity index (χ2n) is 6.40. The molecule has 6 heteroatoms. The van der Waals surface area contributed by atoms with E-state index in [1.807, 2.05) is 23.1 Å². The van der Waals surface area contributed by atoms with Crippen LogP contribution < -0.4 is 11.0 Å². The smallest absolute Gasteiger partial charge is 0.324 e. The predicted octanol–water partition coefficient (Wildman–Crippen LogP) is 2.53. The van der Waals surface area contributed by atoms with Gasteiger partial charge in [0, 0.05) is 32.9 Å². The number of aryl methyl sites for hydroxylation is 2. The van der Waals surface area contributed by atoms with Gasteiger partial charge in [0.25, 0.3) is 0 Å². The lowest BCUT2D eigenvalue weighted by Gasteiger charge is -2.32. The van der Waals surface area contributed by atoms with Crippen LogP contribution in [0.3, 0.4) is 0 Å². The first-order valence-corrected chi connectivity index (χ1v) is 8.22. The van der Waals surface area contributed by atoms with Gasteiger partial charge in [-0.15, -0.1) is 0 Å². The highest BCUT2D eigenvalue weighted by atomic mass is 16.2. The molecule has 23 heavy (non-hydrogen) atoms. The number of rotatable bonds is 2. The molecule has 0 bridgehead atoms. The topological polar surface area (TPSA) is 59.3 Å². The monoisotopic (exact) mass is 316 g/mol. The molecule has 0 spiro atoms. The lowest BCUT2D eigenvalue weighted by atomic mass is 9.96. The minimum Gasteiger partial charge on any atom is -0.324 e. The summed E-state index contributed by atoms with van der Waals surface area (Å²) in [6.07, 6.45) is 3.39. The molecule has 3 rings (SSSR count). The SMILES string of the molecule is CCC1CCCN(C(=O)Nc2ccc3c(c2)n(C)c(=O)n3C)C1. The first-order valence-electron chi connectivity index (χ1n) is 8.22. The van der Waals surface area contributed by atoms with Gasteiger partial charge in [-0.3, -0.25) is 9.13 Å². The maximum absolute atomic E-state index is 12.5. The number of aromatic nitrogens is 2. The number of anilines is 1. The van der Waals surface area contributed by atoms with E-state index in [0.717, 1.165) is 42.7 Å². The van der Waals surface area contributed by atoms with Crippen molar-refractivity contribution in [3.05, 3.63) is 28.7 Å². The third-order valence-corrected chi connectivity index (χ3v) is 4.91. The Bertz CT molecular complexity index is 790. The van der Waals surface area contributed by atoms with Crippen LogP contribution in [0.5, 0.6) is 0 Å². The van der Waals surface area contributed by atoms with Gasteiger partial charge in [0.05, 0.1) is 11.0 Å². The van der Waals surface area contributed by atoms with Crippen molar-refractivity contribution in [2.24, 2.45) is 20.0 Å². The zero-order chi connectivity index (χ0) is 16.6. The fourth-order valence-corrected chi connectivity index (χ4v) is 3.37. The van der Waals surface area contributed by atoms with E-state index in [2.05, 4.69) is 12.2 Å². The Hall–Kier alpha value is -2.24. The summed E-state index contributed by atoms with van der Waals surface area (Å²) in [5.74, 6) is 0.604. The van der Waals surface area contributed by atoms with Gasteiger partial charge in [-0.05, 0) is 37.0 Å². The Labute approximate surface area is 135 Å². The average molecular weight is 316 g/mol. The molecule has 1 unspecified atom stereocenters. The van der Waals surface area contributed by atoms with Crippen LogP contribution in [-0.2, 0) is 14.1 Å². The second kappa shape index (κ2) is 6.10. The largest absolute Gasteiger partial charge is 0.328 e. The van der Waals surface area contributed by atoms with Crippen molar-refractivity contribution in [3.63, 3.8) is 0 Å². The molecular weight excluding hydrogens is 292 g/mol. The van der Waals surface area contributed by atoms with E-state index in [0.29, 0.717) is 5.92 Å². The Morgan fingerprint density at radius 2 is 2.00 bits per heavy atom. The van der Waals surface area contributed by atoms with Gasteiger partial charge in [0.15, 0.2) is 0 Å². The molecule has 1 fully saturated rings. The predicted molar refractivity (Wildman–Crippen MR) is 91.8 cm³/mol. The number of carbonyl (C=O) groups is 1. The number of urea groups is 1. The molecule has 1 N–H and O–H groups in total. The molecular formula is C17H24N4O2. The van der Waals surface area contributed by atoms with E-state index in [4.69, 9.17) is 0 Å². The van der Waals surface area contributed by atoms with Crippen molar-refractivity contribution in [1.82, 2.24) is 14.0 Å². The molecule has 1 aromatic carbocycles. The van der Waals surface area contributed by atoms with Crippen molar-refractivity contribution in [3.8, 4) is 0 Å². The van der Waals surface area contributed by atoms with Crippen molar-refractivity contribution >= 4 is 22.8 Å². The van der Waals surface area contributed by atoms with Gasteiger partial charge < -0.3 is 10.2 Å². The van der Waals surface area contributed by atoms with Crippen molar-refractivity contribution in [2.45, 2.75) is 26.2 Å². The number of hydrogen-bond acceptors (Lipinski definition) is 2. The van der Waals surface area contributed by atoms with Crippen LogP contribution in [0.1, 0.15) is 26.2 Å². The van der Waals surface area contributed by atoms with Crippen molar-refractivity contribution in [1.29, 1.82) is 0 Å². The summed E-state index contributed by atoms with van der Waals surface area (Å²) in [4.78, 5) is 26.3. The van der Waals surface area contributed by atoms with Crippen LogP contribution >= 0.6 is 0 Å². The second-order valence-corrected chi connectivity index (χ2v) is 6.40. The molecule has 2 amide bonds. The Morgan fingerprint density at radius 3 is 2.74 bits per heavy atom. The molecule has 1 saturated heterocycles. The number of benzene rings is 1. The number of nitrogens with zero attached hydrogens (tertiary/aromatic N) is 3. The highest BCUT2D eigenvalue weighted by molar-refractivity contribution is 5.92. The first kappa shape index (κ1) is 15.6. The van der Waals surface area contributed by atoms with Crippen LogP contribution in [0.4, 0.5) is 10.5 Å². The Kier molecular flexibility index (Phi) is 4.15. The summed E-state index contributed by atoms with van der Waals surface area (Å²) >= 11 is 0. The number of piperidine rings is 1. The number of fused-ring (bicyclic) bond motifs is 1. The van der Waals surface area contributed by atoms with Gasteiger partial charge in [-0.2, -0.15) is 0 Å². The summed E-state index contributed by atoms with van der Waals surface area (Å²) in [5, 5.41) is 2.97. The molecule has 0 saturated carbocycles. The zero-order valence-corrected chi connectivity index (χ0v) is 14.0. The molecule has 1 aliphatic rings. The number of hydrogen-bond donors (Lipinski definition) is 1. The van der Waals surface area contributed by atoms with Gasteiger partial charge in [-0.25, -0.2) is 9.59 Å². The lowest BCUT2D eigenvalue weighted by molar-refractivity contribution is 0.176. The molecule has 2 aromatic rings. The van der Waals surface area contributed by atoms with Gasteiger partial charge in [0.1, 0.15) is 0 Å². The van der Waals surface area contributed by atoms with Crippen LogP contribution in [0.2, 0.25) is 0 Å². The van der Waals surface area contributed by atoms with E-state index >= 15 is 0 Å². The van der Waals surface area contributed by atoms with Crippen LogP contribution in [0.25, 0.3) is 11.0 Å². The molecule has 6 nitrogen and oxygen atoms in total. The minimum absolute atomic E-state index is 0.0524. The highest BCUT2D eigenvalue weighted by Crippen LogP contribution is 2.21. The lowest BCUT2D eigenvalue weighted by Crippen LogP contribution is -2.42. The summed E-state index contributed by atoms with van der Waals surface area (Å²) < 4.78 is 3.20. The van der Waals surface area contributed by atoms with Gasteiger partial charge in [-0.1, -0.05) is 13.3 Å². The average Bonchev–Trinajstić information content (AvgIpc) is 2.79. The summed E-state index contributed by atoms with van der Waals surface area (Å²) in [6.45, 7) is 3.82. The molecule has 0 radical (unpaired) electrons. The summed E-state index contributed by atoms with van der Waals surface area (Å²) in [7, 11) is 3.49. The summed E-state index contributed by atoms with van der Waals surface area (Å²) in [5.41, 5.74) is 2.34. The van der Waals surface area contributed by atoms with Gasteiger partial charge in [0.2, 0.25) is 0 Å². The highest BCUT2D eigenvalue weighted by Gasteiger charge is 2.22. The molecule has 2 heterocycles. The number of likely N-dealkylation sites (tertiary alicyclic amines) is 1. The number of imidazole rings is 1. The Balaban J connectivity index is 1.80. The minimum atomic E-state index is -0.0645. The fourth-order valence-electron chi connectivity index (χ4n) is 3.37. The fraction of sp³-hybridized carbons (Fsp3) is 0.529. The quantitative estimate of drug-likeness (QED) is 0.925. The maximum atomic E-state index is 12.5. The van der Waals surface area contributed by atoms with E-state index < -0.39 is 0 Å². The molecule has 124 valence electrons. The Morgan fingerprint density at radius 1 is 1.26 bits per heavy atom. The number of carbonyl (C=O) groups excluding carboxylic acids is 1.